The summed E-state index contributed by atoms with van der Waals surface area (Å²) in [6.07, 6.45) is 1.41. The molecule has 0 amide bonds. The summed E-state index contributed by atoms with van der Waals surface area (Å²) < 4.78 is 5.11. The van der Waals surface area contributed by atoms with Crippen molar-refractivity contribution in [2.45, 2.75) is 0 Å². The van der Waals surface area contributed by atoms with Crippen LogP contribution in [0.5, 0.6) is 0 Å². The molecule has 0 aliphatic heterocycles. The Labute approximate surface area is 74.0 Å². The van der Waals surface area contributed by atoms with Crippen LogP contribution in [0.25, 0.3) is 11.0 Å². The molecule has 0 bridgehead atoms. The molecule has 2 nitrogen and oxygen atoms in total. The van der Waals surface area contributed by atoms with Crippen molar-refractivity contribution in [2.75, 3.05) is 0 Å². The fourth-order valence-corrected chi connectivity index (χ4v) is 1.40. The van der Waals surface area contributed by atoms with E-state index < -0.39 is 0 Å². The molecule has 0 fully saturated rings. The largest absolute Gasteiger partial charge is 0.463 e. The molecule has 0 saturated heterocycles. The Bertz CT molecular complexity index is 467. The number of rotatable bonds is 0. The molecule has 58 valence electrons. The van der Waals surface area contributed by atoms with Crippen LogP contribution < -0.4 is 0 Å². The van der Waals surface area contributed by atoms with Gasteiger partial charge in [0, 0.05) is 0 Å². The Hall–Kier alpha value is -1.46. The maximum atomic E-state index is 8.68. The summed E-state index contributed by atoms with van der Waals surface area (Å²) in [6, 6.07) is 7.32. The van der Waals surface area contributed by atoms with Gasteiger partial charge in [0.25, 0.3) is 0 Å². The van der Waals surface area contributed by atoms with Crippen LogP contribution in [0.3, 0.4) is 0 Å². The predicted octanol–water partition coefficient (Wildman–Crippen LogP) is 2.96. The third kappa shape index (κ3) is 0.876. The van der Waals surface area contributed by atoms with E-state index in [1.54, 1.807) is 18.2 Å². The second kappa shape index (κ2) is 2.54. The molecule has 0 radical (unpaired) electrons. The highest BCUT2D eigenvalue weighted by Gasteiger charge is 2.07. The lowest BCUT2D eigenvalue weighted by Crippen LogP contribution is -1.70. The Morgan fingerprint density at radius 1 is 1.42 bits per heavy atom. The maximum absolute atomic E-state index is 8.68. The predicted molar refractivity (Wildman–Crippen MR) is 45.9 cm³/mol. The fourth-order valence-electron chi connectivity index (χ4n) is 1.13. The van der Waals surface area contributed by atoms with Crippen molar-refractivity contribution in [1.29, 1.82) is 5.26 Å². The molecule has 0 spiro atoms. The first-order valence-electron chi connectivity index (χ1n) is 3.39. The highest BCUT2D eigenvalue weighted by atomic mass is 35.5. The summed E-state index contributed by atoms with van der Waals surface area (Å²) in [5, 5.41) is 9.93. The van der Waals surface area contributed by atoms with E-state index in [9.17, 15) is 0 Å². The lowest BCUT2D eigenvalue weighted by atomic mass is 10.2. The first-order valence-corrected chi connectivity index (χ1v) is 3.76. The van der Waals surface area contributed by atoms with Gasteiger partial charge >= 0.3 is 0 Å². The van der Waals surface area contributed by atoms with Gasteiger partial charge in [-0.15, -0.1) is 0 Å². The van der Waals surface area contributed by atoms with Crippen molar-refractivity contribution >= 4 is 22.6 Å². The van der Waals surface area contributed by atoms with E-state index in [4.69, 9.17) is 21.3 Å². The number of nitrogens with zero attached hydrogens (tertiary/aromatic N) is 1. The molecule has 0 atom stereocenters. The lowest BCUT2D eigenvalue weighted by Gasteiger charge is -1.90. The van der Waals surface area contributed by atoms with Crippen LogP contribution in [0.2, 0.25) is 5.02 Å². The molecule has 1 aromatic heterocycles. The minimum atomic E-state index is 0.482. The van der Waals surface area contributed by atoms with Gasteiger partial charge in [0.05, 0.1) is 16.0 Å². The molecule has 2 rings (SSSR count). The fraction of sp³-hybridized carbons (Fsp3) is 0. The number of fused-ring (bicyclic) bond motifs is 1. The van der Waals surface area contributed by atoms with Crippen molar-refractivity contribution in [2.24, 2.45) is 0 Å². The average Bonchev–Trinajstić information content (AvgIpc) is 2.49. The van der Waals surface area contributed by atoms with Crippen LogP contribution in [0.4, 0.5) is 0 Å². The van der Waals surface area contributed by atoms with Gasteiger partial charge in [-0.1, -0.05) is 17.7 Å². The Morgan fingerprint density at radius 2 is 2.25 bits per heavy atom. The van der Waals surface area contributed by atoms with Crippen LogP contribution in [-0.4, -0.2) is 0 Å². The summed E-state index contributed by atoms with van der Waals surface area (Å²) in [6.45, 7) is 0. The van der Waals surface area contributed by atoms with E-state index in [1.165, 1.54) is 6.26 Å². The van der Waals surface area contributed by atoms with E-state index in [0.717, 1.165) is 0 Å². The van der Waals surface area contributed by atoms with E-state index in [2.05, 4.69) is 0 Å². The standard InChI is InChI=1S/C9H4ClNO/c10-7-2-1-3-8-9(7)6(4-11)5-12-8/h1-3,5H. The van der Waals surface area contributed by atoms with Gasteiger partial charge in [0.2, 0.25) is 0 Å². The van der Waals surface area contributed by atoms with E-state index in [1.807, 2.05) is 6.07 Å². The summed E-state index contributed by atoms with van der Waals surface area (Å²) in [5.41, 5.74) is 1.13. The van der Waals surface area contributed by atoms with Crippen LogP contribution in [0.1, 0.15) is 5.56 Å². The molecular formula is C9H4ClNO. The molecular weight excluding hydrogens is 174 g/mol. The van der Waals surface area contributed by atoms with Crippen LogP contribution in [0.15, 0.2) is 28.9 Å². The lowest BCUT2D eigenvalue weighted by molar-refractivity contribution is 0.614. The number of furan rings is 1. The molecule has 0 unspecified atom stereocenters. The Kier molecular flexibility index (Phi) is 1.53. The zero-order valence-electron chi connectivity index (χ0n) is 6.04. The SMILES string of the molecule is N#Cc1coc2cccc(Cl)c12. The molecule has 1 heterocycles. The first-order chi connectivity index (χ1) is 5.83. The molecule has 0 saturated carbocycles. The van der Waals surface area contributed by atoms with Gasteiger partial charge in [0.15, 0.2) is 0 Å². The van der Waals surface area contributed by atoms with Crippen LogP contribution >= 0.6 is 11.6 Å². The third-order valence-electron chi connectivity index (χ3n) is 1.67. The van der Waals surface area contributed by atoms with Crippen molar-refractivity contribution in [3.05, 3.63) is 35.0 Å². The topological polar surface area (TPSA) is 36.9 Å². The quantitative estimate of drug-likeness (QED) is 0.620. The van der Waals surface area contributed by atoms with E-state index in [-0.39, 0.29) is 0 Å². The molecule has 2 aromatic rings. The first kappa shape index (κ1) is 7.20. The number of halogens is 1. The van der Waals surface area contributed by atoms with Gasteiger partial charge in [0.1, 0.15) is 17.9 Å². The zero-order valence-corrected chi connectivity index (χ0v) is 6.80. The monoisotopic (exact) mass is 177 g/mol. The molecule has 12 heavy (non-hydrogen) atoms. The van der Waals surface area contributed by atoms with Gasteiger partial charge in [-0.05, 0) is 12.1 Å². The number of hydrogen-bond acceptors (Lipinski definition) is 2. The second-order valence-electron chi connectivity index (χ2n) is 2.37. The van der Waals surface area contributed by atoms with Crippen molar-refractivity contribution in [1.82, 2.24) is 0 Å². The van der Waals surface area contributed by atoms with Gasteiger partial charge < -0.3 is 4.42 Å². The number of hydrogen-bond donors (Lipinski definition) is 0. The van der Waals surface area contributed by atoms with Crippen molar-refractivity contribution < 1.29 is 4.42 Å². The molecule has 0 N–H and O–H groups in total. The zero-order chi connectivity index (χ0) is 8.55. The smallest absolute Gasteiger partial charge is 0.136 e. The van der Waals surface area contributed by atoms with Crippen molar-refractivity contribution in [3.8, 4) is 6.07 Å². The molecule has 1 aromatic carbocycles. The number of nitriles is 1. The highest BCUT2D eigenvalue weighted by molar-refractivity contribution is 6.35. The second-order valence-corrected chi connectivity index (χ2v) is 2.78. The highest BCUT2D eigenvalue weighted by Crippen LogP contribution is 2.27. The number of benzene rings is 1. The van der Waals surface area contributed by atoms with Gasteiger partial charge in [-0.2, -0.15) is 5.26 Å². The summed E-state index contributed by atoms with van der Waals surface area (Å²) in [4.78, 5) is 0. The van der Waals surface area contributed by atoms with E-state index in [0.29, 0.717) is 21.6 Å². The Morgan fingerprint density at radius 3 is 3.00 bits per heavy atom. The molecule has 0 aliphatic carbocycles. The molecule has 3 heteroatoms. The van der Waals surface area contributed by atoms with Gasteiger partial charge in [-0.25, -0.2) is 0 Å². The maximum Gasteiger partial charge on any atom is 0.136 e. The van der Waals surface area contributed by atoms with Gasteiger partial charge in [-0.3, -0.25) is 0 Å². The molecule has 0 aliphatic rings. The summed E-state index contributed by atoms with van der Waals surface area (Å²) in [5.74, 6) is 0. The summed E-state index contributed by atoms with van der Waals surface area (Å²) >= 11 is 5.87. The minimum Gasteiger partial charge on any atom is -0.463 e. The normalized spacial score (nSPS) is 10.0. The summed E-state index contributed by atoms with van der Waals surface area (Å²) in [7, 11) is 0. The van der Waals surface area contributed by atoms with E-state index >= 15 is 0 Å². The Balaban J connectivity index is 2.95. The minimum absolute atomic E-state index is 0.482. The van der Waals surface area contributed by atoms with Crippen LogP contribution in [-0.2, 0) is 0 Å². The van der Waals surface area contributed by atoms with Crippen LogP contribution in [0, 0.1) is 11.3 Å². The van der Waals surface area contributed by atoms with Crippen molar-refractivity contribution in [3.63, 3.8) is 0 Å². The third-order valence-corrected chi connectivity index (χ3v) is 1.98. The average molecular weight is 178 g/mol.